The minimum Gasteiger partial charge on any atom is -0.426 e. The van der Waals surface area contributed by atoms with Gasteiger partial charge in [0.2, 0.25) is 0 Å². The Labute approximate surface area is 194 Å². The van der Waals surface area contributed by atoms with Crippen molar-refractivity contribution in [3.8, 4) is 5.75 Å². The lowest BCUT2D eigenvalue weighted by molar-refractivity contribution is -0.187. The summed E-state index contributed by atoms with van der Waals surface area (Å²) in [7, 11) is 0. The van der Waals surface area contributed by atoms with E-state index in [0.29, 0.717) is 18.4 Å². The normalized spacial score (nSPS) is 10.4. The Bertz CT molecular complexity index is 950. The zero-order valence-corrected chi connectivity index (χ0v) is 19.1. The van der Waals surface area contributed by atoms with E-state index in [0.717, 1.165) is 32.1 Å². The van der Waals surface area contributed by atoms with Gasteiger partial charge >= 0.3 is 17.9 Å². The van der Waals surface area contributed by atoms with Gasteiger partial charge in [-0.1, -0.05) is 57.7 Å². The molecule has 2 rings (SSSR count). The fourth-order valence-electron chi connectivity index (χ4n) is 3.11. The third kappa shape index (κ3) is 8.52. The minimum atomic E-state index is -1.05. The summed E-state index contributed by atoms with van der Waals surface area (Å²) in [5, 5.41) is 0. The Morgan fingerprint density at radius 1 is 0.697 bits per heavy atom. The Balaban J connectivity index is 2.13. The van der Waals surface area contributed by atoms with E-state index in [1.807, 2.05) is 6.92 Å². The molecule has 0 saturated heterocycles. The lowest BCUT2D eigenvalue weighted by Crippen LogP contribution is -2.16. The number of benzene rings is 2. The lowest BCUT2D eigenvalue weighted by atomic mass is 10.0. The molecule has 0 aliphatic rings. The number of carbonyl (C=O) groups is 4. The molecule has 0 amide bonds. The first-order valence-electron chi connectivity index (χ1n) is 11.3. The van der Waals surface area contributed by atoms with Crippen LogP contribution < -0.4 is 4.74 Å². The zero-order valence-electron chi connectivity index (χ0n) is 19.1. The van der Waals surface area contributed by atoms with E-state index in [1.165, 1.54) is 30.3 Å². The molecule has 0 radical (unpaired) electrons. The van der Waals surface area contributed by atoms with E-state index in [-0.39, 0.29) is 29.1 Å². The number of unbranched alkanes of at least 4 members (excludes halogenated alkanes) is 4. The van der Waals surface area contributed by atoms with Crippen molar-refractivity contribution in [2.24, 2.45) is 0 Å². The molecule has 0 fully saturated rings. The van der Waals surface area contributed by atoms with Crippen LogP contribution in [0.15, 0.2) is 48.5 Å². The fourth-order valence-corrected chi connectivity index (χ4v) is 3.11. The highest BCUT2D eigenvalue weighted by atomic mass is 17.2. The fraction of sp³-hybridized carbons (Fsp3) is 0.385. The molecule has 0 atom stereocenters. The monoisotopic (exact) mass is 454 g/mol. The first kappa shape index (κ1) is 25.8. The van der Waals surface area contributed by atoms with Crippen LogP contribution in [0.5, 0.6) is 5.75 Å². The van der Waals surface area contributed by atoms with E-state index < -0.39 is 17.9 Å². The molecule has 0 bridgehead atoms. The number of rotatable bonds is 12. The smallest absolute Gasteiger partial charge is 0.390 e. The predicted octanol–water partition coefficient (Wildman–Crippen LogP) is 5.86. The van der Waals surface area contributed by atoms with Crippen molar-refractivity contribution in [1.29, 1.82) is 0 Å². The van der Waals surface area contributed by atoms with Gasteiger partial charge in [-0.25, -0.2) is 19.4 Å². The molecule has 2 aromatic carbocycles. The number of hydrogen-bond acceptors (Lipinski definition) is 7. The van der Waals surface area contributed by atoms with Crippen LogP contribution in [0.1, 0.15) is 96.3 Å². The largest absolute Gasteiger partial charge is 0.426 e. The summed E-state index contributed by atoms with van der Waals surface area (Å²) < 4.78 is 5.27. The topological polar surface area (TPSA) is 96.0 Å². The highest BCUT2D eigenvalue weighted by Crippen LogP contribution is 2.24. The number of Topliss-reactive ketones (excluding diaryl/α,β-unsaturated/α-hetero) is 1. The zero-order chi connectivity index (χ0) is 24.1. The van der Waals surface area contributed by atoms with Gasteiger partial charge in [0.25, 0.3) is 0 Å². The summed E-state index contributed by atoms with van der Waals surface area (Å²) >= 11 is 0. The molecular weight excluding hydrogens is 424 g/mol. The molecule has 0 N–H and O–H groups in total. The summed E-state index contributed by atoms with van der Waals surface area (Å²) in [6.07, 6.45) is 6.10. The number of ketones is 1. The van der Waals surface area contributed by atoms with Crippen molar-refractivity contribution in [2.75, 3.05) is 0 Å². The van der Waals surface area contributed by atoms with Gasteiger partial charge in [0.15, 0.2) is 5.78 Å². The molecule has 0 unspecified atom stereocenters. The number of ether oxygens (including phenoxy) is 1. The third-order valence-electron chi connectivity index (χ3n) is 4.91. The van der Waals surface area contributed by atoms with Crippen molar-refractivity contribution in [1.82, 2.24) is 0 Å². The predicted molar refractivity (Wildman–Crippen MR) is 122 cm³/mol. The molecule has 0 aliphatic carbocycles. The highest BCUT2D eigenvalue weighted by molar-refractivity contribution is 6.01. The molecule has 0 aromatic heterocycles. The standard InChI is InChI=1S/C26H30O7/c1-3-5-6-7-11-15-22(27)20-16-17-23(31-24(28)12-4-2)21(18-20)26(30)33-32-25(29)19-13-9-8-10-14-19/h8-10,13-14,16-18H,3-7,11-12,15H2,1-2H3. The average molecular weight is 455 g/mol. The molecular formula is C26H30O7. The lowest BCUT2D eigenvalue weighted by Gasteiger charge is -2.11. The van der Waals surface area contributed by atoms with E-state index >= 15 is 0 Å². The van der Waals surface area contributed by atoms with Gasteiger partial charge in [0.1, 0.15) is 11.3 Å². The van der Waals surface area contributed by atoms with Crippen LogP contribution in [-0.2, 0) is 14.6 Å². The van der Waals surface area contributed by atoms with Crippen LogP contribution in [0.2, 0.25) is 0 Å². The van der Waals surface area contributed by atoms with Gasteiger partial charge in [-0.15, -0.1) is 0 Å². The van der Waals surface area contributed by atoms with Gasteiger partial charge in [0, 0.05) is 18.4 Å². The molecule has 2 aromatic rings. The summed E-state index contributed by atoms with van der Waals surface area (Å²) in [5.74, 6) is -2.62. The summed E-state index contributed by atoms with van der Waals surface area (Å²) in [4.78, 5) is 58.6. The molecule has 7 heteroatoms. The maximum atomic E-state index is 12.6. The first-order chi connectivity index (χ1) is 16.0. The van der Waals surface area contributed by atoms with Crippen LogP contribution in [0.4, 0.5) is 0 Å². The average Bonchev–Trinajstić information content (AvgIpc) is 2.83. The van der Waals surface area contributed by atoms with E-state index in [1.54, 1.807) is 18.2 Å². The summed E-state index contributed by atoms with van der Waals surface area (Å²) in [6, 6.07) is 12.2. The Morgan fingerprint density at radius 2 is 1.39 bits per heavy atom. The van der Waals surface area contributed by atoms with Crippen molar-refractivity contribution < 1.29 is 33.7 Å². The van der Waals surface area contributed by atoms with Gasteiger partial charge in [-0.05, 0) is 43.2 Å². The van der Waals surface area contributed by atoms with Crippen molar-refractivity contribution in [2.45, 2.75) is 65.2 Å². The van der Waals surface area contributed by atoms with Crippen molar-refractivity contribution >= 4 is 23.7 Å². The molecule has 0 saturated carbocycles. The van der Waals surface area contributed by atoms with E-state index in [4.69, 9.17) is 9.62 Å². The molecule has 0 heterocycles. The second kappa shape index (κ2) is 13.8. The Hall–Kier alpha value is -3.48. The molecule has 7 nitrogen and oxygen atoms in total. The maximum absolute atomic E-state index is 12.6. The van der Waals surface area contributed by atoms with Crippen LogP contribution in [0.3, 0.4) is 0 Å². The Morgan fingerprint density at radius 3 is 2.09 bits per heavy atom. The molecule has 0 spiro atoms. The molecule has 176 valence electrons. The quantitative estimate of drug-likeness (QED) is 0.0989. The SMILES string of the molecule is CCCCCCCC(=O)c1ccc(OC(=O)CCC)c(C(=O)OOC(=O)c2ccccc2)c1. The summed E-state index contributed by atoms with van der Waals surface area (Å²) in [6.45, 7) is 3.94. The Kier molecular flexibility index (Phi) is 10.8. The second-order valence-corrected chi connectivity index (χ2v) is 7.63. The van der Waals surface area contributed by atoms with Crippen LogP contribution >= 0.6 is 0 Å². The molecule has 0 aliphatic heterocycles. The highest BCUT2D eigenvalue weighted by Gasteiger charge is 2.22. The summed E-state index contributed by atoms with van der Waals surface area (Å²) in [5.41, 5.74) is 0.325. The number of carbonyl (C=O) groups excluding carboxylic acids is 4. The van der Waals surface area contributed by atoms with Gasteiger partial charge in [0.05, 0.1) is 5.56 Å². The van der Waals surface area contributed by atoms with E-state index in [2.05, 4.69) is 11.8 Å². The van der Waals surface area contributed by atoms with Crippen LogP contribution in [0, 0.1) is 0 Å². The minimum absolute atomic E-state index is 0.0614. The maximum Gasteiger partial charge on any atom is 0.390 e. The first-order valence-corrected chi connectivity index (χ1v) is 11.3. The van der Waals surface area contributed by atoms with Crippen molar-refractivity contribution in [3.63, 3.8) is 0 Å². The van der Waals surface area contributed by atoms with E-state index in [9.17, 15) is 19.2 Å². The number of hydrogen-bond donors (Lipinski definition) is 0. The third-order valence-corrected chi connectivity index (χ3v) is 4.91. The van der Waals surface area contributed by atoms with Gasteiger partial charge < -0.3 is 4.74 Å². The van der Waals surface area contributed by atoms with Crippen LogP contribution in [0.25, 0.3) is 0 Å². The van der Waals surface area contributed by atoms with Crippen molar-refractivity contribution in [3.05, 3.63) is 65.2 Å². The number of esters is 1. The van der Waals surface area contributed by atoms with Gasteiger partial charge in [-0.3, -0.25) is 9.59 Å². The molecule has 33 heavy (non-hydrogen) atoms. The van der Waals surface area contributed by atoms with Crippen LogP contribution in [-0.4, -0.2) is 23.7 Å². The second-order valence-electron chi connectivity index (χ2n) is 7.63. The van der Waals surface area contributed by atoms with Gasteiger partial charge in [-0.2, -0.15) is 0 Å².